The minimum Gasteiger partial charge on any atom is -0.480 e. The molecule has 0 aliphatic carbocycles. The van der Waals surface area contributed by atoms with Crippen molar-refractivity contribution < 1.29 is 58.5 Å². The first-order valence-electron chi connectivity index (χ1n) is 24.0. The fourth-order valence-electron chi connectivity index (χ4n) is 8.02. The molecule has 2 aliphatic heterocycles. The van der Waals surface area contributed by atoms with Gasteiger partial charge >= 0.3 is 23.9 Å². The summed E-state index contributed by atoms with van der Waals surface area (Å²) in [6.07, 6.45) is 4.16. The number of aliphatic carboxylic acids is 3. The lowest BCUT2D eigenvalue weighted by atomic mass is 9.85. The average molecular weight is 1040 g/mol. The highest BCUT2D eigenvalue weighted by Crippen LogP contribution is 2.26. The number of nitrogens with zero attached hydrogens (tertiary/aromatic N) is 5. The first kappa shape index (κ1) is 60.2. The van der Waals surface area contributed by atoms with Gasteiger partial charge in [-0.15, -0.1) is 11.8 Å². The van der Waals surface area contributed by atoms with Crippen molar-refractivity contribution in [2.75, 3.05) is 115 Å². The van der Waals surface area contributed by atoms with Gasteiger partial charge in [0.05, 0.1) is 37.5 Å². The van der Waals surface area contributed by atoms with Crippen molar-refractivity contribution in [1.82, 2.24) is 40.4 Å². The van der Waals surface area contributed by atoms with Gasteiger partial charge in [-0.3, -0.25) is 62.9 Å². The van der Waals surface area contributed by atoms with E-state index in [1.54, 1.807) is 45.9 Å². The number of urea groups is 1. The number of rotatable bonds is 29. The molecule has 1 aromatic rings. The Labute approximate surface area is 424 Å². The Hall–Kier alpha value is -5.14. The van der Waals surface area contributed by atoms with Crippen LogP contribution in [0.4, 0.5) is 10.5 Å². The normalized spacial score (nSPS) is 18.1. The van der Waals surface area contributed by atoms with Crippen LogP contribution in [0, 0.1) is 17.2 Å². The van der Waals surface area contributed by atoms with Gasteiger partial charge in [0.25, 0.3) is 0 Å². The van der Waals surface area contributed by atoms with Crippen molar-refractivity contribution in [3.63, 3.8) is 0 Å². The van der Waals surface area contributed by atoms with Crippen molar-refractivity contribution in [3.05, 3.63) is 29.8 Å². The van der Waals surface area contributed by atoms with Crippen molar-refractivity contribution in [2.24, 2.45) is 11.8 Å². The third-order valence-corrected chi connectivity index (χ3v) is 14.3. The zero-order valence-corrected chi connectivity index (χ0v) is 43.1. The summed E-state index contributed by atoms with van der Waals surface area (Å²) in [4.78, 5) is 122. The Morgan fingerprint density at radius 3 is 1.82 bits per heavy atom. The number of amides is 6. The monoisotopic (exact) mass is 1030 g/mol. The van der Waals surface area contributed by atoms with Gasteiger partial charge in [-0.1, -0.05) is 32.4 Å². The number of carbonyl (C=O) groups is 9. The molecule has 24 heteroatoms. The Balaban J connectivity index is 1.55. The maximum absolute atomic E-state index is 13.8. The molecular formula is C47H74N10O12S2. The third-order valence-electron chi connectivity index (χ3n) is 12.3. The Morgan fingerprint density at radius 1 is 0.789 bits per heavy atom. The molecule has 1 aromatic carbocycles. The largest absolute Gasteiger partial charge is 0.480 e. The average Bonchev–Trinajstić information content (AvgIpc) is 3.58. The molecule has 0 aromatic heterocycles. The molecule has 2 aliphatic rings. The smallest absolute Gasteiger partial charge is 0.319 e. The van der Waals surface area contributed by atoms with Gasteiger partial charge in [-0.2, -0.15) is 11.8 Å². The number of likely N-dealkylation sites (tertiary alicyclic amines) is 1. The summed E-state index contributed by atoms with van der Waals surface area (Å²) in [5.41, 5.74) is 1.70. The summed E-state index contributed by atoms with van der Waals surface area (Å²) in [5, 5.41) is 46.7. The predicted molar refractivity (Wildman–Crippen MR) is 272 cm³/mol. The van der Waals surface area contributed by atoms with Crippen molar-refractivity contribution in [2.45, 2.75) is 77.1 Å². The van der Waals surface area contributed by atoms with Crippen LogP contribution in [0.3, 0.4) is 0 Å². The number of benzene rings is 1. The number of hydrogen-bond acceptors (Lipinski definition) is 16. The summed E-state index contributed by atoms with van der Waals surface area (Å²) in [7, 11) is 0. The molecule has 71 heavy (non-hydrogen) atoms. The van der Waals surface area contributed by atoms with E-state index in [1.807, 2.05) is 25.0 Å². The Morgan fingerprint density at radius 2 is 1.32 bits per heavy atom. The van der Waals surface area contributed by atoms with Crippen LogP contribution in [0.2, 0.25) is 0 Å². The van der Waals surface area contributed by atoms with Crippen LogP contribution in [-0.2, 0) is 44.9 Å². The van der Waals surface area contributed by atoms with Gasteiger partial charge in [0.15, 0.2) is 5.78 Å². The molecule has 0 saturated carbocycles. The van der Waals surface area contributed by atoms with E-state index < -0.39 is 41.1 Å². The van der Waals surface area contributed by atoms with Gasteiger partial charge in [0.2, 0.25) is 23.6 Å². The summed E-state index contributed by atoms with van der Waals surface area (Å²) in [6.45, 7) is 7.00. The standard InChI is InChI=1S/C47H74N10O12S2/c1-5-32(2)36(45(67)49-13-14-57-41(60)26-39(46(57)68)71-23-6-7-33(3)48)25-38(58)37(12-24-70-4)52-47(69)51-35-10-8-34(9-11-35)27-50-40(59)28-53-15-17-54(29-42(61)62)19-21-56(31-44(65)66)22-20-55(18-16-53)30-43(63)64/h8-11,32,36-37,39,48H,5-7,12-31H2,1-4H3,(H,49,67)(H,50,59)(H,61,62)(H,63,64)(H,65,66)(H2,51,52,69)/t32-,36-,37-,39?/m0/s1. The van der Waals surface area contributed by atoms with Crippen molar-refractivity contribution in [1.29, 1.82) is 5.41 Å². The molecule has 2 fully saturated rings. The van der Waals surface area contributed by atoms with Crippen LogP contribution in [0.25, 0.3) is 0 Å². The van der Waals surface area contributed by atoms with Crippen LogP contribution < -0.4 is 21.3 Å². The zero-order chi connectivity index (χ0) is 52.5. The molecule has 2 saturated heterocycles. The third kappa shape index (κ3) is 23.3. The number of hydrogen-bond donors (Lipinski definition) is 8. The maximum atomic E-state index is 13.8. The Bertz CT molecular complexity index is 1950. The minimum atomic E-state index is -1.05. The van der Waals surface area contributed by atoms with E-state index in [9.17, 15) is 58.5 Å². The number of Topliss-reactive ketones (excluding diaryl/α,β-unsaturated/α-hetero) is 1. The van der Waals surface area contributed by atoms with Crippen LogP contribution in [0.15, 0.2) is 24.3 Å². The Kier molecular flexibility index (Phi) is 27.2. The number of ketones is 1. The molecule has 0 bridgehead atoms. The molecule has 1 unspecified atom stereocenters. The van der Waals surface area contributed by atoms with Crippen LogP contribution in [0.1, 0.15) is 64.9 Å². The molecule has 396 valence electrons. The molecule has 0 radical (unpaired) electrons. The van der Waals surface area contributed by atoms with E-state index in [-0.39, 0.29) is 133 Å². The number of carbonyl (C=O) groups excluding carboxylic acids is 6. The van der Waals surface area contributed by atoms with E-state index in [2.05, 4.69) is 21.3 Å². The van der Waals surface area contributed by atoms with Crippen molar-refractivity contribution >= 4 is 88.3 Å². The topological polar surface area (TPSA) is 302 Å². The maximum Gasteiger partial charge on any atom is 0.319 e. The number of anilines is 1. The first-order valence-corrected chi connectivity index (χ1v) is 26.5. The lowest BCUT2D eigenvalue weighted by molar-refractivity contribution is -0.140. The quantitative estimate of drug-likeness (QED) is 0.0320. The second kappa shape index (κ2) is 32.0. The molecule has 6 amide bonds. The van der Waals surface area contributed by atoms with E-state index in [1.165, 1.54) is 28.4 Å². The second-order valence-corrected chi connectivity index (χ2v) is 20.3. The lowest BCUT2D eigenvalue weighted by Gasteiger charge is -2.32. The van der Waals surface area contributed by atoms with Crippen LogP contribution >= 0.6 is 23.5 Å². The van der Waals surface area contributed by atoms with Crippen LogP contribution in [-0.4, -0.2) is 220 Å². The first-order chi connectivity index (χ1) is 33.8. The minimum absolute atomic E-state index is 0.0183. The van der Waals surface area contributed by atoms with Crippen molar-refractivity contribution in [3.8, 4) is 0 Å². The number of imide groups is 1. The van der Waals surface area contributed by atoms with Gasteiger partial charge in [0.1, 0.15) is 0 Å². The fraction of sp³-hybridized carbons (Fsp3) is 0.660. The number of carboxylic acids is 3. The molecule has 2 heterocycles. The predicted octanol–water partition coefficient (Wildman–Crippen LogP) is 1.44. The van der Waals surface area contributed by atoms with E-state index in [0.29, 0.717) is 55.3 Å². The fourth-order valence-corrected chi connectivity index (χ4v) is 9.62. The van der Waals surface area contributed by atoms with E-state index in [0.717, 1.165) is 12.0 Å². The molecular weight excluding hydrogens is 961 g/mol. The number of thioether (sulfide) groups is 2. The molecule has 0 spiro atoms. The highest BCUT2D eigenvalue weighted by Gasteiger charge is 2.39. The zero-order valence-electron chi connectivity index (χ0n) is 41.5. The molecule has 8 N–H and O–H groups in total. The SMILES string of the molecule is CC[C@H](C)[C@H](CC(=O)[C@H](CCSC)NC(=O)Nc1ccc(CNC(=O)CN2CCN(CC(=O)O)CCN(CC(=O)O)CCN(CC(=O)O)CC2)cc1)C(=O)NCCN1C(=O)CC(SCCCC(C)=N)C1=O. The van der Waals surface area contributed by atoms with E-state index >= 15 is 0 Å². The second-order valence-electron chi connectivity index (χ2n) is 18.0. The van der Waals surface area contributed by atoms with Gasteiger partial charge in [0, 0.05) is 102 Å². The summed E-state index contributed by atoms with van der Waals surface area (Å²) in [6, 6.07) is 5.22. The molecule has 22 nitrogen and oxygen atoms in total. The summed E-state index contributed by atoms with van der Waals surface area (Å²) < 4.78 is 0. The summed E-state index contributed by atoms with van der Waals surface area (Å²) >= 11 is 2.92. The van der Waals surface area contributed by atoms with Gasteiger partial charge in [-0.05, 0) is 67.6 Å². The highest BCUT2D eigenvalue weighted by atomic mass is 32.2. The lowest BCUT2D eigenvalue weighted by Crippen LogP contribution is -2.49. The van der Waals surface area contributed by atoms with E-state index in [4.69, 9.17) is 5.41 Å². The molecule has 3 rings (SSSR count). The highest BCUT2D eigenvalue weighted by molar-refractivity contribution is 8.00. The van der Waals surface area contributed by atoms with Gasteiger partial charge < -0.3 is 42.0 Å². The van der Waals surface area contributed by atoms with Gasteiger partial charge in [-0.25, -0.2) is 4.79 Å². The molecule has 4 atom stereocenters. The number of carboxylic acid groups (broad SMARTS) is 3. The number of nitrogens with one attached hydrogen (secondary N) is 5. The summed E-state index contributed by atoms with van der Waals surface area (Å²) in [5.74, 6) is -4.41. The van der Waals surface area contributed by atoms with Crippen LogP contribution in [0.5, 0.6) is 0 Å².